The highest BCUT2D eigenvalue weighted by molar-refractivity contribution is 6.33. The van der Waals surface area contributed by atoms with Crippen molar-refractivity contribution >= 4 is 28.9 Å². The minimum atomic E-state index is -0.189. The molecule has 0 aliphatic carbocycles. The first-order valence-electron chi connectivity index (χ1n) is 8.77. The number of ether oxygens (including phenoxy) is 1. The fraction of sp³-hybridized carbons (Fsp3) is 0.350. The molecule has 0 unspecified atom stereocenters. The van der Waals surface area contributed by atoms with Crippen molar-refractivity contribution in [1.29, 1.82) is 0 Å². The van der Waals surface area contributed by atoms with Gasteiger partial charge in [0.1, 0.15) is 5.75 Å². The highest BCUT2D eigenvalue weighted by Gasteiger charge is 2.26. The number of carbonyl (C=O) groups excluding carboxylic acids is 1. The number of nitrogens with one attached hydrogen (secondary N) is 1. The summed E-state index contributed by atoms with van der Waals surface area (Å²) in [5.41, 5.74) is 1.83. The van der Waals surface area contributed by atoms with E-state index in [1.807, 2.05) is 55.5 Å². The molecule has 3 rings (SSSR count). The number of carbonyl (C=O) groups is 1. The van der Waals surface area contributed by atoms with Crippen molar-refractivity contribution < 1.29 is 9.53 Å². The highest BCUT2D eigenvalue weighted by Crippen LogP contribution is 2.26. The second-order valence-corrected chi connectivity index (χ2v) is 6.78. The van der Waals surface area contributed by atoms with Crippen LogP contribution in [-0.4, -0.2) is 50.1 Å². The van der Waals surface area contributed by atoms with Crippen LogP contribution in [0.5, 0.6) is 5.75 Å². The first kappa shape index (κ1) is 18.5. The number of anilines is 2. The lowest BCUT2D eigenvalue weighted by Gasteiger charge is -2.38. The monoisotopic (exact) mass is 373 g/mol. The molecular weight excluding hydrogens is 350 g/mol. The van der Waals surface area contributed by atoms with Crippen LogP contribution in [0.3, 0.4) is 0 Å². The largest absolute Gasteiger partial charge is 0.497 e. The van der Waals surface area contributed by atoms with E-state index in [0.29, 0.717) is 0 Å². The lowest BCUT2D eigenvalue weighted by atomic mass is 10.2. The molecule has 0 radical (unpaired) electrons. The molecule has 0 bridgehead atoms. The second kappa shape index (κ2) is 8.43. The van der Waals surface area contributed by atoms with Crippen molar-refractivity contribution in [2.24, 2.45) is 0 Å². The van der Waals surface area contributed by atoms with E-state index in [1.54, 1.807) is 7.11 Å². The molecular formula is C20H24ClN3O2. The van der Waals surface area contributed by atoms with E-state index in [0.717, 1.165) is 48.3 Å². The SMILES string of the molecule is COc1ccc(NC(=O)[C@H](C)N2CCN(c3ccccc3Cl)CC2)cc1. The Labute approximate surface area is 159 Å². The summed E-state index contributed by atoms with van der Waals surface area (Å²) < 4.78 is 5.14. The summed E-state index contributed by atoms with van der Waals surface area (Å²) >= 11 is 6.29. The van der Waals surface area contributed by atoms with E-state index in [-0.39, 0.29) is 11.9 Å². The van der Waals surface area contributed by atoms with Gasteiger partial charge in [0.2, 0.25) is 5.91 Å². The smallest absolute Gasteiger partial charge is 0.241 e. The number of methoxy groups -OCH3 is 1. The molecule has 0 saturated carbocycles. The van der Waals surface area contributed by atoms with Gasteiger partial charge in [0.25, 0.3) is 0 Å². The van der Waals surface area contributed by atoms with Crippen LogP contribution in [0.15, 0.2) is 48.5 Å². The molecule has 26 heavy (non-hydrogen) atoms. The number of hydrogen-bond donors (Lipinski definition) is 1. The number of rotatable bonds is 5. The van der Waals surface area contributed by atoms with Gasteiger partial charge in [-0.1, -0.05) is 23.7 Å². The van der Waals surface area contributed by atoms with E-state index < -0.39 is 0 Å². The molecule has 1 fully saturated rings. The van der Waals surface area contributed by atoms with Gasteiger partial charge in [-0.15, -0.1) is 0 Å². The number of amides is 1. The van der Waals surface area contributed by atoms with Crippen LogP contribution in [0.25, 0.3) is 0 Å². The Morgan fingerprint density at radius 3 is 2.35 bits per heavy atom. The average molecular weight is 374 g/mol. The van der Waals surface area contributed by atoms with Crippen molar-refractivity contribution in [3.63, 3.8) is 0 Å². The number of halogens is 1. The first-order chi connectivity index (χ1) is 12.6. The van der Waals surface area contributed by atoms with Gasteiger partial charge in [-0.05, 0) is 43.3 Å². The van der Waals surface area contributed by atoms with Gasteiger partial charge in [0.05, 0.1) is 23.9 Å². The summed E-state index contributed by atoms with van der Waals surface area (Å²) in [4.78, 5) is 17.0. The Balaban J connectivity index is 1.54. The van der Waals surface area contributed by atoms with E-state index in [9.17, 15) is 4.79 Å². The maximum absolute atomic E-state index is 12.6. The van der Waals surface area contributed by atoms with E-state index in [1.165, 1.54) is 0 Å². The summed E-state index contributed by atoms with van der Waals surface area (Å²) in [7, 11) is 1.62. The van der Waals surface area contributed by atoms with Crippen molar-refractivity contribution in [2.45, 2.75) is 13.0 Å². The molecule has 5 nitrogen and oxygen atoms in total. The molecule has 1 aliphatic rings. The summed E-state index contributed by atoms with van der Waals surface area (Å²) in [5.74, 6) is 0.771. The molecule has 138 valence electrons. The predicted octanol–water partition coefficient (Wildman–Crippen LogP) is 3.50. The molecule has 2 aromatic rings. The quantitative estimate of drug-likeness (QED) is 0.871. The number of piperazine rings is 1. The maximum atomic E-state index is 12.6. The van der Waals surface area contributed by atoms with Crippen LogP contribution in [0.1, 0.15) is 6.92 Å². The van der Waals surface area contributed by atoms with Crippen molar-refractivity contribution in [2.75, 3.05) is 43.5 Å². The van der Waals surface area contributed by atoms with Gasteiger partial charge >= 0.3 is 0 Å². The topological polar surface area (TPSA) is 44.8 Å². The van der Waals surface area contributed by atoms with Crippen LogP contribution in [0.2, 0.25) is 5.02 Å². The van der Waals surface area contributed by atoms with Crippen LogP contribution >= 0.6 is 11.6 Å². The van der Waals surface area contributed by atoms with Crippen LogP contribution in [0.4, 0.5) is 11.4 Å². The van der Waals surface area contributed by atoms with E-state index in [4.69, 9.17) is 16.3 Å². The predicted molar refractivity (Wildman–Crippen MR) is 106 cm³/mol. The van der Waals surface area contributed by atoms with Gasteiger partial charge in [0.15, 0.2) is 0 Å². The van der Waals surface area contributed by atoms with Crippen LogP contribution in [-0.2, 0) is 4.79 Å². The van der Waals surface area contributed by atoms with Crippen molar-refractivity contribution in [3.8, 4) is 5.75 Å². The number of nitrogens with zero attached hydrogens (tertiary/aromatic N) is 2. The fourth-order valence-electron chi connectivity index (χ4n) is 3.15. The minimum Gasteiger partial charge on any atom is -0.497 e. The fourth-order valence-corrected chi connectivity index (χ4v) is 3.40. The summed E-state index contributed by atoms with van der Waals surface area (Å²) in [5, 5.41) is 3.74. The van der Waals surface area contributed by atoms with Gasteiger partial charge in [-0.2, -0.15) is 0 Å². The molecule has 1 atom stereocenters. The Morgan fingerprint density at radius 2 is 1.73 bits per heavy atom. The third-order valence-electron chi connectivity index (χ3n) is 4.79. The standard InChI is InChI=1S/C20H24ClN3O2/c1-15(20(25)22-16-7-9-17(26-2)10-8-16)23-11-13-24(14-12-23)19-6-4-3-5-18(19)21/h3-10,15H,11-14H2,1-2H3,(H,22,25)/t15-/m0/s1. The van der Waals surface area contributed by atoms with E-state index >= 15 is 0 Å². The van der Waals surface area contributed by atoms with Gasteiger partial charge < -0.3 is 15.0 Å². The Hall–Kier alpha value is -2.24. The maximum Gasteiger partial charge on any atom is 0.241 e. The third-order valence-corrected chi connectivity index (χ3v) is 5.11. The first-order valence-corrected chi connectivity index (χ1v) is 9.14. The highest BCUT2D eigenvalue weighted by atomic mass is 35.5. The molecule has 0 aromatic heterocycles. The molecule has 1 aliphatic heterocycles. The van der Waals surface area contributed by atoms with E-state index in [2.05, 4.69) is 15.1 Å². The number of para-hydroxylation sites is 1. The molecule has 6 heteroatoms. The molecule has 1 N–H and O–H groups in total. The van der Waals surface area contributed by atoms with Crippen molar-refractivity contribution in [1.82, 2.24) is 4.90 Å². The van der Waals surface area contributed by atoms with Crippen LogP contribution < -0.4 is 15.0 Å². The van der Waals surface area contributed by atoms with Gasteiger partial charge in [-0.3, -0.25) is 9.69 Å². The zero-order valence-corrected chi connectivity index (χ0v) is 15.9. The zero-order chi connectivity index (χ0) is 18.5. The molecule has 1 saturated heterocycles. The van der Waals surface area contributed by atoms with Gasteiger partial charge in [-0.25, -0.2) is 0 Å². The van der Waals surface area contributed by atoms with Crippen molar-refractivity contribution in [3.05, 3.63) is 53.6 Å². The molecule has 2 aromatic carbocycles. The normalized spacial score (nSPS) is 16.2. The summed E-state index contributed by atoms with van der Waals surface area (Å²) in [6, 6.07) is 15.1. The lowest BCUT2D eigenvalue weighted by Crippen LogP contribution is -2.52. The third kappa shape index (κ3) is 4.29. The number of benzene rings is 2. The minimum absolute atomic E-state index is 0.00126. The van der Waals surface area contributed by atoms with Gasteiger partial charge in [0, 0.05) is 31.9 Å². The average Bonchev–Trinajstić information content (AvgIpc) is 2.68. The second-order valence-electron chi connectivity index (χ2n) is 6.37. The number of hydrogen-bond acceptors (Lipinski definition) is 4. The summed E-state index contributed by atoms with van der Waals surface area (Å²) in [6.45, 7) is 5.29. The Kier molecular flexibility index (Phi) is 6.01. The summed E-state index contributed by atoms with van der Waals surface area (Å²) in [6.07, 6.45) is 0. The Morgan fingerprint density at radius 1 is 1.08 bits per heavy atom. The Bertz CT molecular complexity index is 743. The van der Waals surface area contributed by atoms with Crippen LogP contribution in [0, 0.1) is 0 Å². The molecule has 1 amide bonds. The zero-order valence-electron chi connectivity index (χ0n) is 15.1. The molecule has 1 heterocycles. The molecule has 0 spiro atoms. The lowest BCUT2D eigenvalue weighted by molar-refractivity contribution is -0.120.